The molecule has 9 heteroatoms. The molecule has 0 saturated carbocycles. The molecule has 1 atom stereocenters. The highest BCUT2D eigenvalue weighted by molar-refractivity contribution is 7.15. The van der Waals surface area contributed by atoms with Crippen molar-refractivity contribution in [1.29, 1.82) is 0 Å². The van der Waals surface area contributed by atoms with Gasteiger partial charge in [-0.15, -0.1) is 10.2 Å². The molecule has 4 rings (SSSR count). The third kappa shape index (κ3) is 4.65. The van der Waals surface area contributed by atoms with E-state index in [-0.39, 0.29) is 24.2 Å². The minimum Gasteiger partial charge on any atom is -0.361 e. The van der Waals surface area contributed by atoms with Crippen LogP contribution in [0.1, 0.15) is 36.8 Å². The Morgan fingerprint density at radius 1 is 1.37 bits per heavy atom. The van der Waals surface area contributed by atoms with Crippen molar-refractivity contribution in [3.05, 3.63) is 40.0 Å². The Morgan fingerprint density at radius 3 is 3.07 bits per heavy atom. The molecule has 1 aromatic carbocycles. The summed E-state index contributed by atoms with van der Waals surface area (Å²) in [5, 5.41) is 14.2. The van der Waals surface area contributed by atoms with Gasteiger partial charge in [-0.1, -0.05) is 36.3 Å². The van der Waals surface area contributed by atoms with E-state index in [1.165, 1.54) is 11.3 Å². The molecule has 0 radical (unpaired) electrons. The number of unbranched alkanes of at least 4 members (excludes halogenated alkanes) is 1. The van der Waals surface area contributed by atoms with E-state index in [0.29, 0.717) is 29.7 Å². The first kappa shape index (κ1) is 20.8. The number of halogens is 1. The zero-order valence-corrected chi connectivity index (χ0v) is 18.4. The molecule has 1 fully saturated rings. The summed E-state index contributed by atoms with van der Waals surface area (Å²) in [6.45, 7) is 3.12. The van der Waals surface area contributed by atoms with Crippen LogP contribution in [-0.4, -0.2) is 45.0 Å². The summed E-state index contributed by atoms with van der Waals surface area (Å²) < 4.78 is 0. The van der Waals surface area contributed by atoms with Gasteiger partial charge >= 0.3 is 0 Å². The topological polar surface area (TPSA) is 91.0 Å². The number of amides is 2. The van der Waals surface area contributed by atoms with Crippen molar-refractivity contribution in [2.24, 2.45) is 5.92 Å². The summed E-state index contributed by atoms with van der Waals surface area (Å²) in [5.41, 5.74) is 2.14. The number of anilines is 1. The molecule has 3 heterocycles. The standard InChI is InChI=1S/C21H24ClN5O2S/c1-2-3-4-18-25-26-21(30-18)24-20(29)14-9-19(28)27(12-14)8-7-13-11-23-17-6-5-15(22)10-16(13)17/h5-6,10-11,14,23H,2-4,7-9,12H2,1H3,(H,24,26,29)/t14-/m1/s1. The first-order valence-electron chi connectivity index (χ1n) is 10.2. The van der Waals surface area contributed by atoms with Crippen molar-refractivity contribution in [1.82, 2.24) is 20.1 Å². The lowest BCUT2D eigenvalue weighted by Crippen LogP contribution is -2.30. The van der Waals surface area contributed by atoms with Crippen molar-refractivity contribution < 1.29 is 9.59 Å². The molecule has 30 heavy (non-hydrogen) atoms. The van der Waals surface area contributed by atoms with Gasteiger partial charge in [-0.2, -0.15) is 0 Å². The van der Waals surface area contributed by atoms with Gasteiger partial charge < -0.3 is 15.2 Å². The van der Waals surface area contributed by atoms with Crippen LogP contribution in [0.4, 0.5) is 5.13 Å². The molecular formula is C21H24ClN5O2S. The Bertz CT molecular complexity index is 1060. The number of aryl methyl sites for hydroxylation is 1. The summed E-state index contributed by atoms with van der Waals surface area (Å²) >= 11 is 7.52. The van der Waals surface area contributed by atoms with Crippen LogP contribution in [0, 0.1) is 5.92 Å². The fourth-order valence-electron chi connectivity index (χ4n) is 3.72. The van der Waals surface area contributed by atoms with Gasteiger partial charge in [0.1, 0.15) is 5.01 Å². The molecule has 0 bridgehead atoms. The van der Waals surface area contributed by atoms with Crippen molar-refractivity contribution in [3.8, 4) is 0 Å². The van der Waals surface area contributed by atoms with Gasteiger partial charge in [0, 0.05) is 48.1 Å². The molecule has 1 saturated heterocycles. The van der Waals surface area contributed by atoms with Crippen molar-refractivity contribution in [2.75, 3.05) is 18.4 Å². The molecule has 2 amide bonds. The highest BCUT2D eigenvalue weighted by atomic mass is 35.5. The molecule has 2 aromatic heterocycles. The monoisotopic (exact) mass is 445 g/mol. The van der Waals surface area contributed by atoms with Gasteiger partial charge in [0.15, 0.2) is 0 Å². The quantitative estimate of drug-likeness (QED) is 0.547. The van der Waals surface area contributed by atoms with E-state index in [9.17, 15) is 9.59 Å². The lowest BCUT2D eigenvalue weighted by molar-refractivity contribution is -0.128. The van der Waals surface area contributed by atoms with Gasteiger partial charge in [0.2, 0.25) is 16.9 Å². The maximum Gasteiger partial charge on any atom is 0.231 e. The maximum atomic E-state index is 12.6. The molecule has 0 unspecified atom stereocenters. The lowest BCUT2D eigenvalue weighted by Gasteiger charge is -2.16. The minimum absolute atomic E-state index is 0.00826. The zero-order valence-electron chi connectivity index (χ0n) is 16.8. The van der Waals surface area contributed by atoms with Crippen molar-refractivity contribution in [3.63, 3.8) is 0 Å². The lowest BCUT2D eigenvalue weighted by atomic mass is 10.1. The number of nitrogens with one attached hydrogen (secondary N) is 2. The molecule has 2 N–H and O–H groups in total. The second-order valence-electron chi connectivity index (χ2n) is 7.59. The van der Waals surface area contributed by atoms with Gasteiger partial charge in [0.05, 0.1) is 5.92 Å². The Labute approximate surface area is 183 Å². The Kier molecular flexibility index (Phi) is 6.34. The summed E-state index contributed by atoms with van der Waals surface area (Å²) in [6, 6.07) is 5.73. The summed E-state index contributed by atoms with van der Waals surface area (Å²) in [6.07, 6.45) is 5.91. The van der Waals surface area contributed by atoms with Gasteiger partial charge in [-0.3, -0.25) is 9.59 Å². The van der Waals surface area contributed by atoms with Crippen LogP contribution in [0.5, 0.6) is 0 Å². The van der Waals surface area contributed by atoms with E-state index in [1.807, 2.05) is 24.4 Å². The Hall–Kier alpha value is -2.45. The molecule has 3 aromatic rings. The van der Waals surface area contributed by atoms with E-state index in [1.54, 1.807) is 4.90 Å². The number of likely N-dealkylation sites (tertiary alicyclic amines) is 1. The van der Waals surface area contributed by atoms with Crippen molar-refractivity contribution >= 4 is 50.8 Å². The third-order valence-corrected chi connectivity index (χ3v) is 6.54. The summed E-state index contributed by atoms with van der Waals surface area (Å²) in [4.78, 5) is 30.0. The zero-order chi connectivity index (χ0) is 21.1. The number of benzene rings is 1. The van der Waals surface area contributed by atoms with Crippen LogP contribution < -0.4 is 5.32 Å². The van der Waals surface area contributed by atoms with E-state index >= 15 is 0 Å². The van der Waals surface area contributed by atoms with E-state index < -0.39 is 0 Å². The Morgan fingerprint density at radius 2 is 2.23 bits per heavy atom. The predicted octanol–water partition coefficient (Wildman–Crippen LogP) is 4.05. The average molecular weight is 446 g/mol. The van der Waals surface area contributed by atoms with E-state index in [2.05, 4.69) is 27.4 Å². The van der Waals surface area contributed by atoms with E-state index in [4.69, 9.17) is 11.6 Å². The molecule has 1 aliphatic rings. The summed E-state index contributed by atoms with van der Waals surface area (Å²) in [5.74, 6) is -0.519. The third-order valence-electron chi connectivity index (χ3n) is 5.41. The first-order chi connectivity index (χ1) is 14.5. The SMILES string of the molecule is CCCCc1nnc(NC(=O)[C@@H]2CC(=O)N(CCc3c[nH]c4ccc(Cl)cc34)C2)s1. The average Bonchev–Trinajstić information content (AvgIpc) is 3.43. The molecule has 158 valence electrons. The van der Waals surface area contributed by atoms with Crippen LogP contribution in [-0.2, 0) is 22.4 Å². The number of nitrogens with zero attached hydrogens (tertiary/aromatic N) is 3. The number of carbonyl (C=O) groups excluding carboxylic acids is 2. The fourth-order valence-corrected chi connectivity index (χ4v) is 4.67. The predicted molar refractivity (Wildman–Crippen MR) is 119 cm³/mol. The second kappa shape index (κ2) is 9.14. The number of hydrogen-bond acceptors (Lipinski definition) is 5. The number of hydrogen-bond donors (Lipinski definition) is 2. The number of fused-ring (bicyclic) bond motifs is 1. The van der Waals surface area contributed by atoms with Crippen LogP contribution in [0.3, 0.4) is 0 Å². The largest absolute Gasteiger partial charge is 0.361 e. The number of aromatic amines is 1. The second-order valence-corrected chi connectivity index (χ2v) is 9.09. The smallest absolute Gasteiger partial charge is 0.231 e. The number of carbonyl (C=O) groups is 2. The normalized spacial score (nSPS) is 16.5. The summed E-state index contributed by atoms with van der Waals surface area (Å²) in [7, 11) is 0. The van der Waals surface area contributed by atoms with Gasteiger partial charge in [0.25, 0.3) is 0 Å². The maximum absolute atomic E-state index is 12.6. The first-order valence-corrected chi connectivity index (χ1v) is 11.4. The van der Waals surface area contributed by atoms with Gasteiger partial charge in [-0.05, 0) is 36.6 Å². The number of aromatic nitrogens is 3. The van der Waals surface area contributed by atoms with Crippen molar-refractivity contribution in [2.45, 2.75) is 39.0 Å². The van der Waals surface area contributed by atoms with Crippen LogP contribution in [0.15, 0.2) is 24.4 Å². The fraction of sp³-hybridized carbons (Fsp3) is 0.429. The highest BCUT2D eigenvalue weighted by Crippen LogP contribution is 2.25. The highest BCUT2D eigenvalue weighted by Gasteiger charge is 2.34. The Balaban J connectivity index is 1.32. The molecule has 1 aliphatic heterocycles. The molecule has 0 spiro atoms. The molecule has 7 nitrogen and oxygen atoms in total. The van der Waals surface area contributed by atoms with E-state index in [0.717, 1.165) is 40.7 Å². The number of H-pyrrole nitrogens is 1. The number of rotatable bonds is 8. The molecule has 0 aliphatic carbocycles. The minimum atomic E-state index is -0.363. The van der Waals surface area contributed by atoms with Crippen LogP contribution >= 0.6 is 22.9 Å². The van der Waals surface area contributed by atoms with Crippen LogP contribution in [0.2, 0.25) is 5.02 Å². The molecular weight excluding hydrogens is 422 g/mol. The van der Waals surface area contributed by atoms with Gasteiger partial charge in [-0.25, -0.2) is 0 Å². The van der Waals surface area contributed by atoms with Crippen LogP contribution in [0.25, 0.3) is 10.9 Å².